The van der Waals surface area contributed by atoms with E-state index in [0.717, 1.165) is 41.8 Å². The van der Waals surface area contributed by atoms with E-state index in [9.17, 15) is 14.9 Å². The van der Waals surface area contributed by atoms with Gasteiger partial charge in [-0.15, -0.1) is 10.2 Å². The summed E-state index contributed by atoms with van der Waals surface area (Å²) in [6.07, 6.45) is 6.45. The number of rotatable bonds is 6. The maximum atomic E-state index is 11.9. The molecule has 3 aromatic heterocycles. The Morgan fingerprint density at radius 3 is 2.79 bits per heavy atom. The third-order valence-electron chi connectivity index (χ3n) is 6.81. The molecule has 0 unspecified atom stereocenters. The molecule has 0 saturated heterocycles. The zero-order valence-electron chi connectivity index (χ0n) is 18.9. The minimum atomic E-state index is -0.679. The monoisotopic (exact) mass is 453 g/mol. The normalized spacial score (nSPS) is 19.5. The molecule has 3 heterocycles. The molecule has 170 valence electrons. The Morgan fingerprint density at radius 1 is 1.35 bits per heavy atom. The molecule has 0 spiro atoms. The standard InChI is InChI=1S/C25H23N7O2/c1-15-12-32(22-17(13-33)8-20(23(27)34)29-21(15)22)19-5-3-4-18(9-19)25(10-16(11-25)6-7-26)24-30-28-14-31(24)2/h3-5,8-9,12-14,16H,6,10-11H2,1-2H3,(H2,27,34). The van der Waals surface area contributed by atoms with Gasteiger partial charge in [-0.05, 0) is 55.0 Å². The van der Waals surface area contributed by atoms with Gasteiger partial charge in [0, 0.05) is 30.9 Å². The maximum Gasteiger partial charge on any atom is 0.267 e. The van der Waals surface area contributed by atoms with Crippen molar-refractivity contribution < 1.29 is 9.59 Å². The number of pyridine rings is 1. The van der Waals surface area contributed by atoms with Gasteiger partial charge in [0.05, 0.1) is 22.5 Å². The minimum Gasteiger partial charge on any atom is -0.364 e. The van der Waals surface area contributed by atoms with Gasteiger partial charge >= 0.3 is 0 Å². The van der Waals surface area contributed by atoms with Crippen LogP contribution in [0.4, 0.5) is 0 Å². The minimum absolute atomic E-state index is 0.0587. The highest BCUT2D eigenvalue weighted by Crippen LogP contribution is 2.53. The zero-order chi connectivity index (χ0) is 24.0. The smallest absolute Gasteiger partial charge is 0.267 e. The van der Waals surface area contributed by atoms with Crippen molar-refractivity contribution in [3.63, 3.8) is 0 Å². The van der Waals surface area contributed by atoms with Crippen molar-refractivity contribution in [3.05, 3.63) is 71.1 Å². The topological polar surface area (TPSA) is 132 Å². The van der Waals surface area contributed by atoms with E-state index in [2.05, 4.69) is 33.4 Å². The SMILES string of the molecule is Cc1cn(-c2cccc(C3(c4nncn4C)CC(CC#N)C3)c2)c2c(C=O)cc(C(N)=O)nc12. The molecule has 5 rings (SSSR count). The summed E-state index contributed by atoms with van der Waals surface area (Å²) in [7, 11) is 1.93. The highest BCUT2D eigenvalue weighted by atomic mass is 16.1. The Bertz CT molecular complexity index is 1480. The number of nitriles is 1. The number of primary amides is 1. The number of aryl methyl sites for hydroxylation is 2. The van der Waals surface area contributed by atoms with E-state index in [-0.39, 0.29) is 11.1 Å². The van der Waals surface area contributed by atoms with Crippen LogP contribution in [0.1, 0.15) is 57.1 Å². The van der Waals surface area contributed by atoms with Crippen molar-refractivity contribution in [2.75, 3.05) is 0 Å². The summed E-state index contributed by atoms with van der Waals surface area (Å²) in [5.74, 6) is 0.494. The lowest BCUT2D eigenvalue weighted by Crippen LogP contribution is -2.44. The summed E-state index contributed by atoms with van der Waals surface area (Å²) in [5, 5.41) is 17.7. The van der Waals surface area contributed by atoms with Crippen molar-refractivity contribution in [2.24, 2.45) is 18.7 Å². The Morgan fingerprint density at radius 2 is 2.15 bits per heavy atom. The van der Waals surface area contributed by atoms with E-state index in [0.29, 0.717) is 28.9 Å². The van der Waals surface area contributed by atoms with E-state index in [1.165, 1.54) is 6.07 Å². The predicted octanol–water partition coefficient (Wildman–Crippen LogP) is 2.98. The summed E-state index contributed by atoms with van der Waals surface area (Å²) in [6, 6.07) is 11.8. The van der Waals surface area contributed by atoms with Crippen LogP contribution < -0.4 is 5.73 Å². The molecule has 0 aliphatic heterocycles. The Labute approximate surface area is 195 Å². The first-order chi connectivity index (χ1) is 16.4. The summed E-state index contributed by atoms with van der Waals surface area (Å²) >= 11 is 0. The van der Waals surface area contributed by atoms with Crippen LogP contribution in [0.15, 0.2) is 42.9 Å². The molecule has 0 atom stereocenters. The zero-order valence-corrected chi connectivity index (χ0v) is 18.9. The number of hydrogen-bond acceptors (Lipinski definition) is 6. The van der Waals surface area contributed by atoms with Gasteiger partial charge in [-0.3, -0.25) is 9.59 Å². The molecular formula is C25H23N7O2. The number of aldehydes is 1. The molecule has 1 aromatic carbocycles. The molecule has 2 N–H and O–H groups in total. The van der Waals surface area contributed by atoms with E-state index in [4.69, 9.17) is 5.73 Å². The number of aromatic nitrogens is 5. The Balaban J connectivity index is 1.67. The highest BCUT2D eigenvalue weighted by molar-refractivity contribution is 6.01. The van der Waals surface area contributed by atoms with Crippen LogP contribution in [0.25, 0.3) is 16.7 Å². The van der Waals surface area contributed by atoms with Crippen LogP contribution in [-0.2, 0) is 12.5 Å². The summed E-state index contributed by atoms with van der Waals surface area (Å²) in [6.45, 7) is 1.88. The quantitative estimate of drug-likeness (QED) is 0.446. The lowest BCUT2D eigenvalue weighted by Gasteiger charge is -2.46. The van der Waals surface area contributed by atoms with Crippen molar-refractivity contribution in [3.8, 4) is 11.8 Å². The van der Waals surface area contributed by atoms with E-state index in [1.54, 1.807) is 6.33 Å². The number of benzene rings is 1. The molecule has 0 bridgehead atoms. The molecule has 9 nitrogen and oxygen atoms in total. The molecule has 1 saturated carbocycles. The van der Waals surface area contributed by atoms with Gasteiger partial charge in [0.25, 0.3) is 5.91 Å². The van der Waals surface area contributed by atoms with Crippen molar-refractivity contribution in [2.45, 2.75) is 31.6 Å². The summed E-state index contributed by atoms with van der Waals surface area (Å²) in [4.78, 5) is 28.0. The lowest BCUT2D eigenvalue weighted by atomic mass is 9.57. The van der Waals surface area contributed by atoms with Crippen LogP contribution in [0.3, 0.4) is 0 Å². The fraction of sp³-hybridized carbons (Fsp3) is 0.280. The average Bonchev–Trinajstić information content (AvgIpc) is 3.38. The Kier molecular flexibility index (Phi) is 5.01. The first kappa shape index (κ1) is 21.5. The number of hydrogen-bond donors (Lipinski definition) is 1. The molecule has 4 aromatic rings. The molecule has 9 heteroatoms. The van der Waals surface area contributed by atoms with Gasteiger partial charge in [0.2, 0.25) is 0 Å². The largest absolute Gasteiger partial charge is 0.364 e. The number of amides is 1. The molecule has 1 aliphatic carbocycles. The number of carbonyl (C=O) groups is 2. The second kappa shape index (κ2) is 7.92. The second-order valence-electron chi connectivity index (χ2n) is 8.99. The fourth-order valence-electron chi connectivity index (χ4n) is 5.24. The van der Waals surface area contributed by atoms with Crippen molar-refractivity contribution >= 4 is 23.2 Å². The number of fused-ring (bicyclic) bond motifs is 1. The molecule has 0 radical (unpaired) electrons. The van der Waals surface area contributed by atoms with Crippen LogP contribution in [-0.4, -0.2) is 36.5 Å². The van der Waals surface area contributed by atoms with Crippen molar-refractivity contribution in [1.82, 2.24) is 24.3 Å². The van der Waals surface area contributed by atoms with Crippen molar-refractivity contribution in [1.29, 1.82) is 5.26 Å². The van der Waals surface area contributed by atoms with Gasteiger partial charge in [0.15, 0.2) is 6.29 Å². The lowest BCUT2D eigenvalue weighted by molar-refractivity contribution is 0.0996. The van der Waals surface area contributed by atoms with Gasteiger partial charge in [-0.25, -0.2) is 4.98 Å². The molecule has 1 aliphatic rings. The first-order valence-corrected chi connectivity index (χ1v) is 11.0. The number of carbonyl (C=O) groups excluding carboxylic acids is 2. The molecular weight excluding hydrogens is 430 g/mol. The van der Waals surface area contributed by atoms with E-state index in [1.807, 2.05) is 41.4 Å². The maximum absolute atomic E-state index is 11.9. The van der Waals surface area contributed by atoms with Crippen LogP contribution >= 0.6 is 0 Å². The summed E-state index contributed by atoms with van der Waals surface area (Å²) in [5.41, 5.74) is 9.42. The van der Waals surface area contributed by atoms with E-state index < -0.39 is 5.91 Å². The van der Waals surface area contributed by atoms with E-state index >= 15 is 0 Å². The number of nitrogens with two attached hydrogens (primary N) is 1. The molecule has 1 fully saturated rings. The van der Waals surface area contributed by atoms with Gasteiger partial charge in [0.1, 0.15) is 17.8 Å². The third kappa shape index (κ3) is 3.18. The third-order valence-corrected chi connectivity index (χ3v) is 6.81. The molecule has 34 heavy (non-hydrogen) atoms. The van der Waals surface area contributed by atoms with Gasteiger partial charge in [-0.2, -0.15) is 5.26 Å². The van der Waals surface area contributed by atoms with Gasteiger partial charge in [-0.1, -0.05) is 12.1 Å². The van der Waals surface area contributed by atoms with Crippen LogP contribution in [0.5, 0.6) is 0 Å². The predicted molar refractivity (Wildman–Crippen MR) is 124 cm³/mol. The van der Waals surface area contributed by atoms with Crippen LogP contribution in [0, 0.1) is 24.2 Å². The number of nitrogens with zero attached hydrogens (tertiary/aromatic N) is 6. The molecule has 1 amide bonds. The second-order valence-corrected chi connectivity index (χ2v) is 8.99. The Hall–Kier alpha value is -4.32. The average molecular weight is 454 g/mol. The highest BCUT2D eigenvalue weighted by Gasteiger charge is 2.49. The van der Waals surface area contributed by atoms with Crippen LogP contribution in [0.2, 0.25) is 0 Å². The summed E-state index contributed by atoms with van der Waals surface area (Å²) < 4.78 is 3.86. The fourth-order valence-corrected chi connectivity index (χ4v) is 5.24. The van der Waals surface area contributed by atoms with Gasteiger partial charge < -0.3 is 14.9 Å². The first-order valence-electron chi connectivity index (χ1n) is 11.0.